The lowest BCUT2D eigenvalue weighted by atomic mass is 10.0. The first-order chi connectivity index (χ1) is 14.3. The Hall–Kier alpha value is -1.34. The van der Waals surface area contributed by atoms with Gasteiger partial charge in [0.15, 0.2) is 0 Å². The van der Waals surface area contributed by atoms with Crippen LogP contribution in [0.2, 0.25) is 0 Å². The number of rotatable bonds is 6. The van der Waals surface area contributed by atoms with Gasteiger partial charge in [-0.3, -0.25) is 9.80 Å². The molecular formula is C25H44N4O2. The van der Waals surface area contributed by atoms with Gasteiger partial charge < -0.3 is 20.0 Å². The van der Waals surface area contributed by atoms with Crippen LogP contribution < -0.4 is 9.80 Å². The fraction of sp³-hybridized carbons (Fsp3) is 0.760. The zero-order valence-corrected chi connectivity index (χ0v) is 20.7. The smallest absolute Gasteiger partial charge is 0.0718 e. The SMILES string of the molecule is Cc1cc(N2CCN(CC(C)(C)O)C[C@@H]2C)ccc1N1CCN(CC(C)(C)O)[C@@H](C)C1. The van der Waals surface area contributed by atoms with Crippen LogP contribution in [0.15, 0.2) is 18.2 Å². The van der Waals surface area contributed by atoms with Gasteiger partial charge in [0.1, 0.15) is 0 Å². The summed E-state index contributed by atoms with van der Waals surface area (Å²) in [5.74, 6) is 0. The van der Waals surface area contributed by atoms with E-state index in [1.807, 2.05) is 27.7 Å². The van der Waals surface area contributed by atoms with Crippen molar-refractivity contribution in [1.82, 2.24) is 9.80 Å². The van der Waals surface area contributed by atoms with Crippen molar-refractivity contribution in [2.45, 2.75) is 71.8 Å². The van der Waals surface area contributed by atoms with Crippen molar-refractivity contribution < 1.29 is 10.2 Å². The number of β-amino-alcohol motifs (C(OH)–C–C–N with tert-alkyl or cyclic N) is 2. The van der Waals surface area contributed by atoms with E-state index >= 15 is 0 Å². The highest BCUT2D eigenvalue weighted by molar-refractivity contribution is 5.62. The van der Waals surface area contributed by atoms with E-state index in [9.17, 15) is 10.2 Å². The van der Waals surface area contributed by atoms with E-state index in [-0.39, 0.29) is 0 Å². The summed E-state index contributed by atoms with van der Waals surface area (Å²) in [5, 5.41) is 20.3. The number of anilines is 2. The van der Waals surface area contributed by atoms with Crippen molar-refractivity contribution in [1.29, 1.82) is 0 Å². The van der Waals surface area contributed by atoms with E-state index in [0.717, 1.165) is 52.4 Å². The fourth-order valence-electron chi connectivity index (χ4n) is 5.23. The zero-order valence-electron chi connectivity index (χ0n) is 20.7. The number of aryl methyl sites for hydroxylation is 1. The van der Waals surface area contributed by atoms with Gasteiger partial charge >= 0.3 is 0 Å². The average Bonchev–Trinajstić information content (AvgIpc) is 2.61. The van der Waals surface area contributed by atoms with Crippen LogP contribution in [0.25, 0.3) is 0 Å². The van der Waals surface area contributed by atoms with Gasteiger partial charge in [-0.2, -0.15) is 0 Å². The monoisotopic (exact) mass is 432 g/mol. The van der Waals surface area contributed by atoms with Crippen molar-refractivity contribution in [3.05, 3.63) is 23.8 Å². The lowest BCUT2D eigenvalue weighted by Gasteiger charge is -2.44. The topological polar surface area (TPSA) is 53.4 Å². The zero-order chi connectivity index (χ0) is 23.0. The predicted octanol–water partition coefficient (Wildman–Crippen LogP) is 2.56. The Labute approximate surface area is 189 Å². The molecule has 0 amide bonds. The first-order valence-electron chi connectivity index (χ1n) is 11.9. The molecule has 0 aliphatic carbocycles. The van der Waals surface area contributed by atoms with Crippen molar-refractivity contribution in [2.24, 2.45) is 0 Å². The van der Waals surface area contributed by atoms with Gasteiger partial charge in [0.05, 0.1) is 11.2 Å². The second kappa shape index (κ2) is 9.26. The number of nitrogens with zero attached hydrogens (tertiary/aromatic N) is 4. The lowest BCUT2D eigenvalue weighted by molar-refractivity contribution is 0.0201. The highest BCUT2D eigenvalue weighted by Crippen LogP contribution is 2.30. The molecule has 6 heteroatoms. The van der Waals surface area contributed by atoms with Crippen LogP contribution in [0.5, 0.6) is 0 Å². The Kier molecular flexibility index (Phi) is 7.26. The quantitative estimate of drug-likeness (QED) is 0.721. The number of piperazine rings is 2. The molecule has 2 saturated heterocycles. The second-order valence-electron chi connectivity index (χ2n) is 11.1. The summed E-state index contributed by atoms with van der Waals surface area (Å²) in [5.41, 5.74) is 2.65. The molecule has 2 N–H and O–H groups in total. The molecule has 2 atom stereocenters. The number of hydrogen-bond donors (Lipinski definition) is 2. The van der Waals surface area contributed by atoms with Gasteiger partial charge in [-0.15, -0.1) is 0 Å². The highest BCUT2D eigenvalue weighted by atomic mass is 16.3. The Morgan fingerprint density at radius 1 is 0.871 bits per heavy atom. The van der Waals surface area contributed by atoms with Crippen LogP contribution in [-0.2, 0) is 0 Å². The average molecular weight is 433 g/mol. The van der Waals surface area contributed by atoms with Crippen LogP contribution in [0.3, 0.4) is 0 Å². The molecule has 0 radical (unpaired) electrons. The normalized spacial score (nSPS) is 24.7. The van der Waals surface area contributed by atoms with Gasteiger partial charge in [-0.1, -0.05) is 0 Å². The number of aliphatic hydroxyl groups is 2. The van der Waals surface area contributed by atoms with Crippen LogP contribution >= 0.6 is 0 Å². The second-order valence-corrected chi connectivity index (χ2v) is 11.1. The molecule has 0 spiro atoms. The molecule has 0 aromatic heterocycles. The van der Waals surface area contributed by atoms with Gasteiger partial charge in [0.2, 0.25) is 0 Å². The van der Waals surface area contributed by atoms with Crippen molar-refractivity contribution in [3.8, 4) is 0 Å². The third-order valence-corrected chi connectivity index (χ3v) is 6.53. The molecular weight excluding hydrogens is 388 g/mol. The molecule has 1 aromatic carbocycles. The Morgan fingerprint density at radius 3 is 2.10 bits per heavy atom. The van der Waals surface area contributed by atoms with Crippen LogP contribution in [0.4, 0.5) is 11.4 Å². The Balaban J connectivity index is 1.63. The number of benzene rings is 1. The minimum Gasteiger partial charge on any atom is -0.389 e. The lowest BCUT2D eigenvalue weighted by Crippen LogP contribution is -2.55. The maximum Gasteiger partial charge on any atom is 0.0718 e. The Morgan fingerprint density at radius 2 is 1.55 bits per heavy atom. The van der Waals surface area contributed by atoms with Gasteiger partial charge in [0.25, 0.3) is 0 Å². The van der Waals surface area contributed by atoms with Crippen molar-refractivity contribution >= 4 is 11.4 Å². The predicted molar refractivity (Wildman–Crippen MR) is 130 cm³/mol. The third-order valence-electron chi connectivity index (χ3n) is 6.53. The molecule has 0 saturated carbocycles. The third kappa shape index (κ3) is 6.58. The summed E-state index contributed by atoms with van der Waals surface area (Å²) in [6, 6.07) is 7.75. The molecule has 2 aliphatic heterocycles. The van der Waals surface area contributed by atoms with E-state index in [1.54, 1.807) is 0 Å². The van der Waals surface area contributed by atoms with Crippen molar-refractivity contribution in [3.63, 3.8) is 0 Å². The van der Waals surface area contributed by atoms with E-state index < -0.39 is 11.2 Å². The standard InChI is InChI=1S/C25H44N4O2/c1-19-14-22(29-13-10-26(15-21(29)3)17-24(4,5)30)8-9-23(19)27-11-12-28(20(2)16-27)18-25(6,7)31/h8-9,14,20-21,30-31H,10-13,15-18H2,1-7H3/t20-,21-/m0/s1. The largest absolute Gasteiger partial charge is 0.389 e. The van der Waals surface area contributed by atoms with Gasteiger partial charge in [-0.25, -0.2) is 0 Å². The summed E-state index contributed by atoms with van der Waals surface area (Å²) in [4.78, 5) is 9.77. The summed E-state index contributed by atoms with van der Waals surface area (Å²) in [6.45, 7) is 21.7. The van der Waals surface area contributed by atoms with Gasteiger partial charge in [-0.05, 0) is 72.2 Å². The molecule has 3 rings (SSSR count). The summed E-state index contributed by atoms with van der Waals surface area (Å²) >= 11 is 0. The van der Waals surface area contributed by atoms with Crippen molar-refractivity contribution in [2.75, 3.05) is 62.2 Å². The first-order valence-corrected chi connectivity index (χ1v) is 11.9. The molecule has 0 unspecified atom stereocenters. The number of hydrogen-bond acceptors (Lipinski definition) is 6. The minimum absolute atomic E-state index is 0.420. The summed E-state index contributed by atoms with van der Waals surface area (Å²) in [7, 11) is 0. The summed E-state index contributed by atoms with van der Waals surface area (Å²) in [6.07, 6.45) is 0. The van der Waals surface area contributed by atoms with E-state index in [0.29, 0.717) is 12.1 Å². The van der Waals surface area contributed by atoms with Crippen LogP contribution in [-0.4, -0.2) is 95.7 Å². The maximum absolute atomic E-state index is 10.2. The fourth-order valence-corrected chi connectivity index (χ4v) is 5.23. The maximum atomic E-state index is 10.2. The molecule has 2 fully saturated rings. The van der Waals surface area contributed by atoms with Gasteiger partial charge in [0, 0.05) is 75.8 Å². The van der Waals surface area contributed by atoms with Crippen LogP contribution in [0, 0.1) is 6.92 Å². The minimum atomic E-state index is -0.651. The van der Waals surface area contributed by atoms with Crippen LogP contribution in [0.1, 0.15) is 47.1 Å². The van der Waals surface area contributed by atoms with E-state index in [4.69, 9.17) is 0 Å². The van der Waals surface area contributed by atoms with E-state index in [1.165, 1.54) is 16.9 Å². The molecule has 31 heavy (non-hydrogen) atoms. The Bertz CT molecular complexity index is 740. The molecule has 6 nitrogen and oxygen atoms in total. The highest BCUT2D eigenvalue weighted by Gasteiger charge is 2.30. The molecule has 0 bridgehead atoms. The van der Waals surface area contributed by atoms with E-state index in [2.05, 4.69) is 58.6 Å². The summed E-state index contributed by atoms with van der Waals surface area (Å²) < 4.78 is 0. The molecule has 176 valence electrons. The molecule has 2 heterocycles. The molecule has 1 aromatic rings. The first kappa shape index (κ1) is 24.3. The molecule has 2 aliphatic rings.